The summed E-state index contributed by atoms with van der Waals surface area (Å²) in [7, 11) is -5.64. The second kappa shape index (κ2) is 10.8. The zero-order valence-corrected chi connectivity index (χ0v) is 14.8. The van der Waals surface area contributed by atoms with E-state index < -0.39 is 15.6 Å². The number of hydrogen-bond acceptors (Lipinski definition) is 5. The molecule has 0 aromatic heterocycles. The highest BCUT2D eigenvalue weighted by molar-refractivity contribution is 8.05. The van der Waals surface area contributed by atoms with Crippen molar-refractivity contribution in [3.8, 4) is 0 Å². The number of carbonyl (C=O) groups excluding carboxylic acids is 1. The van der Waals surface area contributed by atoms with Crippen molar-refractivity contribution in [3.63, 3.8) is 0 Å². The first-order valence-electron chi connectivity index (χ1n) is 6.83. The molecule has 1 aliphatic heterocycles. The summed E-state index contributed by atoms with van der Waals surface area (Å²) in [5.74, 6) is 6.57. The SMILES string of the molecule is CCCCCC(=O)C[S+]1CCSCC1.O=S(=O)([O-])C(F)(F)F. The van der Waals surface area contributed by atoms with Gasteiger partial charge in [-0.1, -0.05) is 19.8 Å². The van der Waals surface area contributed by atoms with Gasteiger partial charge in [0.05, 0.1) is 0 Å². The average molecular weight is 382 g/mol. The van der Waals surface area contributed by atoms with Gasteiger partial charge in [-0.3, -0.25) is 4.79 Å². The number of unbranched alkanes of at least 4 members (excludes halogenated alkanes) is 2. The van der Waals surface area contributed by atoms with E-state index in [2.05, 4.69) is 6.92 Å². The van der Waals surface area contributed by atoms with Gasteiger partial charge in [-0.05, 0) is 17.3 Å². The smallest absolute Gasteiger partial charge is 0.485 e. The van der Waals surface area contributed by atoms with Crippen LogP contribution in [-0.2, 0) is 25.8 Å². The van der Waals surface area contributed by atoms with Crippen molar-refractivity contribution >= 4 is 38.6 Å². The third-order valence-corrected chi connectivity index (χ3v) is 7.10. The van der Waals surface area contributed by atoms with Crippen LogP contribution in [0.15, 0.2) is 0 Å². The van der Waals surface area contributed by atoms with E-state index in [0.717, 1.165) is 18.6 Å². The van der Waals surface area contributed by atoms with Crippen molar-refractivity contribution < 1.29 is 30.9 Å². The van der Waals surface area contributed by atoms with Gasteiger partial charge >= 0.3 is 5.51 Å². The molecule has 0 saturated carbocycles. The predicted octanol–water partition coefficient (Wildman–Crippen LogP) is 2.55. The molecule has 0 atom stereocenters. The minimum atomic E-state index is -6.09. The number of halogens is 3. The molecule has 10 heteroatoms. The Morgan fingerprint density at radius 3 is 2.14 bits per heavy atom. The molecule has 0 aromatic rings. The number of ketones is 1. The Hall–Kier alpha value is 0.0700. The number of alkyl halides is 3. The first kappa shape index (κ1) is 22.1. The molecule has 1 aliphatic rings. The minimum absolute atomic E-state index is 0.449. The van der Waals surface area contributed by atoms with E-state index in [-0.39, 0.29) is 0 Å². The largest absolute Gasteiger partial charge is 0.741 e. The summed E-state index contributed by atoms with van der Waals surface area (Å²) in [5, 5.41) is 0. The Kier molecular flexibility index (Phi) is 10.8. The molecule has 0 unspecified atom stereocenters. The van der Waals surface area contributed by atoms with Crippen LogP contribution in [0.2, 0.25) is 0 Å². The van der Waals surface area contributed by atoms with Crippen LogP contribution in [0.1, 0.15) is 32.6 Å². The molecule has 22 heavy (non-hydrogen) atoms. The molecule has 0 radical (unpaired) electrons. The topological polar surface area (TPSA) is 74.3 Å². The molecule has 0 aromatic carbocycles. The number of hydrogen-bond donors (Lipinski definition) is 0. The zero-order valence-electron chi connectivity index (χ0n) is 12.4. The molecule has 0 spiro atoms. The maximum absolute atomic E-state index is 11.6. The van der Waals surface area contributed by atoms with E-state index in [0.29, 0.717) is 16.7 Å². The maximum Gasteiger partial charge on any atom is 0.485 e. The van der Waals surface area contributed by atoms with Gasteiger partial charge in [0, 0.05) is 17.9 Å². The summed E-state index contributed by atoms with van der Waals surface area (Å²) >= 11 is 2.04. The van der Waals surface area contributed by atoms with E-state index >= 15 is 0 Å². The van der Waals surface area contributed by atoms with E-state index in [1.54, 1.807) is 0 Å². The van der Waals surface area contributed by atoms with Crippen LogP contribution in [0.25, 0.3) is 0 Å². The van der Waals surface area contributed by atoms with Crippen molar-refractivity contribution in [1.82, 2.24) is 0 Å². The lowest BCUT2D eigenvalue weighted by Crippen LogP contribution is -2.27. The molecule has 0 N–H and O–H groups in total. The molecular weight excluding hydrogens is 361 g/mol. The number of rotatable bonds is 6. The fourth-order valence-corrected chi connectivity index (χ4v) is 5.70. The molecule has 1 fully saturated rings. The molecule has 132 valence electrons. The highest BCUT2D eigenvalue weighted by Crippen LogP contribution is 2.20. The summed E-state index contributed by atoms with van der Waals surface area (Å²) in [6.45, 7) is 2.19. The van der Waals surface area contributed by atoms with E-state index in [9.17, 15) is 18.0 Å². The van der Waals surface area contributed by atoms with Crippen LogP contribution in [0.3, 0.4) is 0 Å². The Bertz CT molecular complexity index is 418. The Morgan fingerprint density at radius 2 is 1.73 bits per heavy atom. The van der Waals surface area contributed by atoms with Gasteiger partial charge in [-0.15, -0.1) is 0 Å². The van der Waals surface area contributed by atoms with Gasteiger partial charge < -0.3 is 4.55 Å². The monoisotopic (exact) mass is 382 g/mol. The van der Waals surface area contributed by atoms with Crippen molar-refractivity contribution in [2.75, 3.05) is 28.8 Å². The van der Waals surface area contributed by atoms with Crippen LogP contribution in [0.5, 0.6) is 0 Å². The van der Waals surface area contributed by atoms with E-state index in [1.807, 2.05) is 11.8 Å². The lowest BCUT2D eigenvalue weighted by Gasteiger charge is -2.12. The number of thioether (sulfide) groups is 1. The fourth-order valence-electron chi connectivity index (χ4n) is 1.57. The predicted molar refractivity (Wildman–Crippen MR) is 84.2 cm³/mol. The molecule has 1 rings (SSSR count). The van der Waals surface area contributed by atoms with Crippen LogP contribution in [-0.4, -0.2) is 53.0 Å². The first-order chi connectivity index (χ1) is 10.1. The van der Waals surface area contributed by atoms with Crippen molar-refractivity contribution in [2.45, 2.75) is 38.1 Å². The van der Waals surface area contributed by atoms with Gasteiger partial charge in [0.15, 0.2) is 21.7 Å². The van der Waals surface area contributed by atoms with Gasteiger partial charge in [-0.2, -0.15) is 24.9 Å². The lowest BCUT2D eigenvalue weighted by molar-refractivity contribution is -0.116. The van der Waals surface area contributed by atoms with Crippen molar-refractivity contribution in [2.24, 2.45) is 0 Å². The number of carbonyl (C=O) groups is 1. The van der Waals surface area contributed by atoms with Gasteiger partial charge in [0.2, 0.25) is 0 Å². The Labute approximate surface area is 136 Å². The second-order valence-electron chi connectivity index (χ2n) is 4.67. The van der Waals surface area contributed by atoms with Crippen LogP contribution in [0.4, 0.5) is 13.2 Å². The molecular formula is C12H21F3O4S3. The summed E-state index contributed by atoms with van der Waals surface area (Å²) in [5.41, 5.74) is -5.65. The molecule has 0 bridgehead atoms. The van der Waals surface area contributed by atoms with Crippen molar-refractivity contribution in [3.05, 3.63) is 0 Å². The van der Waals surface area contributed by atoms with E-state index in [4.69, 9.17) is 13.0 Å². The standard InChI is InChI=1S/C11H21OS2.CHF3O3S/c1-2-3-4-5-11(12)10-14-8-6-13-7-9-14;2-1(3,4)8(5,6)7/h2-10H2,1H3;(H,5,6,7)/q+1;/p-1. The molecule has 0 amide bonds. The third kappa shape index (κ3) is 10.7. The highest BCUT2D eigenvalue weighted by Gasteiger charge is 2.36. The van der Waals surface area contributed by atoms with Crippen LogP contribution >= 0.6 is 11.8 Å². The van der Waals surface area contributed by atoms with Crippen LogP contribution < -0.4 is 0 Å². The minimum Gasteiger partial charge on any atom is -0.741 e. The van der Waals surface area contributed by atoms with Crippen molar-refractivity contribution in [1.29, 1.82) is 0 Å². The van der Waals surface area contributed by atoms with Crippen LogP contribution in [0, 0.1) is 0 Å². The second-order valence-corrected chi connectivity index (χ2v) is 9.60. The van der Waals surface area contributed by atoms with E-state index in [1.165, 1.54) is 35.9 Å². The molecule has 1 heterocycles. The highest BCUT2D eigenvalue weighted by atomic mass is 32.2. The fraction of sp³-hybridized carbons (Fsp3) is 0.917. The van der Waals surface area contributed by atoms with Gasteiger partial charge in [0.25, 0.3) is 0 Å². The lowest BCUT2D eigenvalue weighted by atomic mass is 10.2. The Morgan fingerprint density at radius 1 is 1.23 bits per heavy atom. The molecule has 0 aliphatic carbocycles. The molecule has 1 saturated heterocycles. The summed E-state index contributed by atoms with van der Waals surface area (Å²) in [6.07, 6.45) is 4.39. The zero-order chi connectivity index (χ0) is 17.2. The third-order valence-electron chi connectivity index (χ3n) is 2.74. The Balaban J connectivity index is 0.000000472. The van der Waals surface area contributed by atoms with Gasteiger partial charge in [-0.25, -0.2) is 8.42 Å². The summed E-state index contributed by atoms with van der Waals surface area (Å²) in [6, 6.07) is 0. The number of Topliss-reactive ketones (excluding diaryl/α,β-unsaturated/α-hetero) is 1. The molecule has 4 nitrogen and oxygen atoms in total. The summed E-state index contributed by atoms with van der Waals surface area (Å²) in [4.78, 5) is 11.6. The maximum atomic E-state index is 11.6. The summed E-state index contributed by atoms with van der Waals surface area (Å²) < 4.78 is 58.9. The van der Waals surface area contributed by atoms with Gasteiger partial charge in [0.1, 0.15) is 11.5 Å². The average Bonchev–Trinajstić information content (AvgIpc) is 2.38. The normalized spacial score (nSPS) is 16.8. The quantitative estimate of drug-likeness (QED) is 0.305. The first-order valence-corrected chi connectivity index (χ1v) is 11.1.